The zero-order valence-electron chi connectivity index (χ0n) is 13.9. The topological polar surface area (TPSA) is 32.3 Å². The van der Waals surface area contributed by atoms with E-state index in [0.29, 0.717) is 6.04 Å². The summed E-state index contributed by atoms with van der Waals surface area (Å²) in [5, 5.41) is 3.48. The fourth-order valence-corrected chi connectivity index (χ4v) is 4.68. The van der Waals surface area contributed by atoms with Gasteiger partial charge < -0.3 is 10.2 Å². The number of hydrogen-bond donors (Lipinski definition) is 1. The second-order valence-electron chi connectivity index (χ2n) is 6.61. The second kappa shape index (κ2) is 6.52. The molecule has 2 aromatic rings. The van der Waals surface area contributed by atoms with Crippen LogP contribution in [-0.4, -0.2) is 23.9 Å². The Labute approximate surface area is 147 Å². The number of nitrogens with zero attached hydrogens (tertiary/aromatic N) is 1. The second-order valence-corrected chi connectivity index (χ2v) is 7.69. The zero-order chi connectivity index (χ0) is 16.5. The molecule has 0 bridgehead atoms. The SMILES string of the molecule is CN(C(=O)c1cccc2c1Nc1ccccc1S2)C1CCCCC1. The predicted molar refractivity (Wildman–Crippen MR) is 99.3 cm³/mol. The summed E-state index contributed by atoms with van der Waals surface area (Å²) in [5.41, 5.74) is 2.81. The maximum Gasteiger partial charge on any atom is 0.255 e. The molecule has 0 spiro atoms. The van der Waals surface area contributed by atoms with Gasteiger partial charge in [-0.15, -0.1) is 0 Å². The lowest BCUT2D eigenvalue weighted by atomic mass is 9.94. The molecular formula is C20H22N2OS. The number of carbonyl (C=O) groups is 1. The van der Waals surface area contributed by atoms with Gasteiger partial charge in [-0.2, -0.15) is 0 Å². The first-order valence-electron chi connectivity index (χ1n) is 8.68. The minimum atomic E-state index is 0.131. The highest BCUT2D eigenvalue weighted by Gasteiger charge is 2.27. The average Bonchev–Trinajstić information content (AvgIpc) is 2.65. The molecule has 1 amide bonds. The van der Waals surface area contributed by atoms with Crippen molar-refractivity contribution in [3.8, 4) is 0 Å². The monoisotopic (exact) mass is 338 g/mol. The fourth-order valence-electron chi connectivity index (χ4n) is 3.66. The Hall–Kier alpha value is -1.94. The third-order valence-electron chi connectivity index (χ3n) is 5.07. The smallest absolute Gasteiger partial charge is 0.255 e. The van der Waals surface area contributed by atoms with Gasteiger partial charge in [0.1, 0.15) is 0 Å². The van der Waals surface area contributed by atoms with E-state index in [1.807, 2.05) is 36.2 Å². The van der Waals surface area contributed by atoms with Crippen LogP contribution < -0.4 is 5.32 Å². The molecule has 3 nitrogen and oxygen atoms in total. The number of benzene rings is 2. The third-order valence-corrected chi connectivity index (χ3v) is 6.20. The van der Waals surface area contributed by atoms with Crippen molar-refractivity contribution in [2.24, 2.45) is 0 Å². The molecule has 1 fully saturated rings. The van der Waals surface area contributed by atoms with Gasteiger partial charge in [-0.25, -0.2) is 0 Å². The van der Waals surface area contributed by atoms with Crippen LogP contribution in [0.15, 0.2) is 52.3 Å². The van der Waals surface area contributed by atoms with E-state index < -0.39 is 0 Å². The van der Waals surface area contributed by atoms with Gasteiger partial charge in [0.2, 0.25) is 0 Å². The molecule has 0 saturated heterocycles. The number of anilines is 2. The highest BCUT2D eigenvalue weighted by molar-refractivity contribution is 7.99. The van der Waals surface area contributed by atoms with Crippen LogP contribution in [0.5, 0.6) is 0 Å². The van der Waals surface area contributed by atoms with Gasteiger partial charge in [0.05, 0.1) is 16.9 Å². The van der Waals surface area contributed by atoms with Crippen LogP contribution in [0.2, 0.25) is 0 Å². The first-order chi connectivity index (χ1) is 11.7. The largest absolute Gasteiger partial charge is 0.353 e. The van der Waals surface area contributed by atoms with Crippen molar-refractivity contribution in [1.82, 2.24) is 4.90 Å². The molecule has 2 aromatic carbocycles. The summed E-state index contributed by atoms with van der Waals surface area (Å²) in [6.07, 6.45) is 6.02. The number of nitrogens with one attached hydrogen (secondary N) is 1. The lowest BCUT2D eigenvalue weighted by Gasteiger charge is -2.32. The van der Waals surface area contributed by atoms with Gasteiger partial charge in [-0.1, -0.05) is 49.2 Å². The lowest BCUT2D eigenvalue weighted by Crippen LogP contribution is -2.38. The molecule has 1 heterocycles. The van der Waals surface area contributed by atoms with Crippen molar-refractivity contribution in [3.63, 3.8) is 0 Å². The maximum atomic E-state index is 13.1. The van der Waals surface area contributed by atoms with Gasteiger partial charge in [0.15, 0.2) is 0 Å². The van der Waals surface area contributed by atoms with Gasteiger partial charge in [0, 0.05) is 22.9 Å². The molecule has 4 rings (SSSR count). The van der Waals surface area contributed by atoms with Crippen molar-refractivity contribution < 1.29 is 4.79 Å². The van der Waals surface area contributed by atoms with Crippen molar-refractivity contribution in [3.05, 3.63) is 48.0 Å². The number of amides is 1. The van der Waals surface area contributed by atoms with Crippen molar-refractivity contribution in [2.45, 2.75) is 47.9 Å². The standard InChI is InChI=1S/C20H22N2OS/c1-22(14-8-3-2-4-9-14)20(23)15-10-7-13-18-19(15)21-16-11-5-6-12-17(16)24-18/h5-7,10-14,21H,2-4,8-9H2,1H3. The van der Waals surface area contributed by atoms with E-state index in [9.17, 15) is 4.79 Å². The summed E-state index contributed by atoms with van der Waals surface area (Å²) in [4.78, 5) is 17.4. The van der Waals surface area contributed by atoms with Crippen LogP contribution in [0.3, 0.4) is 0 Å². The Morgan fingerprint density at radius 1 is 1.04 bits per heavy atom. The van der Waals surface area contributed by atoms with Gasteiger partial charge in [-0.05, 0) is 37.1 Å². The Morgan fingerprint density at radius 2 is 1.79 bits per heavy atom. The number of para-hydroxylation sites is 2. The molecule has 0 aromatic heterocycles. The molecule has 2 aliphatic rings. The Morgan fingerprint density at radius 3 is 2.62 bits per heavy atom. The highest BCUT2D eigenvalue weighted by Crippen LogP contribution is 2.45. The summed E-state index contributed by atoms with van der Waals surface area (Å²) < 4.78 is 0. The predicted octanol–water partition coefficient (Wildman–Crippen LogP) is 5.30. The average molecular weight is 338 g/mol. The zero-order valence-corrected chi connectivity index (χ0v) is 14.7. The summed E-state index contributed by atoms with van der Waals surface area (Å²) >= 11 is 1.73. The minimum absolute atomic E-state index is 0.131. The Kier molecular flexibility index (Phi) is 4.23. The number of hydrogen-bond acceptors (Lipinski definition) is 3. The van der Waals surface area contributed by atoms with E-state index in [2.05, 4.69) is 23.5 Å². The highest BCUT2D eigenvalue weighted by atomic mass is 32.2. The molecule has 1 aliphatic heterocycles. The first kappa shape index (κ1) is 15.6. The van der Waals surface area contributed by atoms with E-state index in [-0.39, 0.29) is 5.91 Å². The lowest BCUT2D eigenvalue weighted by molar-refractivity contribution is 0.0697. The molecule has 0 atom stereocenters. The number of fused-ring (bicyclic) bond motifs is 2. The minimum Gasteiger partial charge on any atom is -0.353 e. The van der Waals surface area contributed by atoms with Gasteiger partial charge in [-0.3, -0.25) is 4.79 Å². The van der Waals surface area contributed by atoms with Crippen LogP contribution in [0.25, 0.3) is 0 Å². The van der Waals surface area contributed by atoms with E-state index in [1.165, 1.54) is 24.2 Å². The van der Waals surface area contributed by atoms with Crippen LogP contribution >= 0.6 is 11.8 Å². The number of rotatable bonds is 2. The van der Waals surface area contributed by atoms with Crippen LogP contribution in [0.4, 0.5) is 11.4 Å². The summed E-state index contributed by atoms with van der Waals surface area (Å²) in [6, 6.07) is 14.6. The Bertz CT molecular complexity index is 768. The maximum absolute atomic E-state index is 13.1. The molecule has 4 heteroatoms. The van der Waals surface area contributed by atoms with Crippen LogP contribution in [-0.2, 0) is 0 Å². The van der Waals surface area contributed by atoms with Crippen molar-refractivity contribution in [1.29, 1.82) is 0 Å². The molecule has 1 aliphatic carbocycles. The fraction of sp³-hybridized carbons (Fsp3) is 0.350. The molecule has 1 saturated carbocycles. The summed E-state index contributed by atoms with van der Waals surface area (Å²) in [5.74, 6) is 0.131. The molecule has 124 valence electrons. The first-order valence-corrected chi connectivity index (χ1v) is 9.50. The normalized spacial score (nSPS) is 16.7. The van der Waals surface area contributed by atoms with E-state index >= 15 is 0 Å². The van der Waals surface area contributed by atoms with E-state index in [1.54, 1.807) is 11.8 Å². The van der Waals surface area contributed by atoms with E-state index in [0.717, 1.165) is 34.7 Å². The molecule has 24 heavy (non-hydrogen) atoms. The molecule has 1 N–H and O–H groups in total. The van der Waals surface area contributed by atoms with E-state index in [4.69, 9.17) is 0 Å². The summed E-state index contributed by atoms with van der Waals surface area (Å²) in [7, 11) is 1.96. The molecule has 0 radical (unpaired) electrons. The van der Waals surface area contributed by atoms with Crippen LogP contribution in [0, 0.1) is 0 Å². The van der Waals surface area contributed by atoms with Gasteiger partial charge in [0.25, 0.3) is 5.91 Å². The molecular weight excluding hydrogens is 316 g/mol. The quantitative estimate of drug-likeness (QED) is 0.688. The number of carbonyl (C=O) groups excluding carboxylic acids is 1. The molecule has 0 unspecified atom stereocenters. The van der Waals surface area contributed by atoms with Crippen molar-refractivity contribution >= 4 is 29.0 Å². The Balaban J connectivity index is 1.64. The van der Waals surface area contributed by atoms with Crippen LogP contribution in [0.1, 0.15) is 42.5 Å². The van der Waals surface area contributed by atoms with Gasteiger partial charge >= 0.3 is 0 Å². The summed E-state index contributed by atoms with van der Waals surface area (Å²) in [6.45, 7) is 0. The third kappa shape index (κ3) is 2.80. The van der Waals surface area contributed by atoms with Crippen molar-refractivity contribution in [2.75, 3.05) is 12.4 Å².